The van der Waals surface area contributed by atoms with E-state index in [-0.39, 0.29) is 5.82 Å². The lowest BCUT2D eigenvalue weighted by Gasteiger charge is -2.07. The highest BCUT2D eigenvalue weighted by atomic mass is 19.1. The van der Waals surface area contributed by atoms with Crippen LogP contribution in [0.25, 0.3) is 10.9 Å². The van der Waals surface area contributed by atoms with Gasteiger partial charge in [-0.25, -0.2) is 4.39 Å². The van der Waals surface area contributed by atoms with Crippen LogP contribution in [0, 0.1) is 17.1 Å². The molecule has 0 saturated carbocycles. The molecule has 0 atom stereocenters. The molecule has 0 radical (unpaired) electrons. The minimum absolute atomic E-state index is 0.334. The van der Waals surface area contributed by atoms with Crippen molar-refractivity contribution < 1.29 is 4.39 Å². The molecule has 0 amide bonds. The summed E-state index contributed by atoms with van der Waals surface area (Å²) in [6.45, 7) is 0.939. The lowest BCUT2D eigenvalue weighted by Crippen LogP contribution is -2.01. The summed E-state index contributed by atoms with van der Waals surface area (Å²) in [4.78, 5) is 0. The van der Waals surface area contributed by atoms with Gasteiger partial charge in [0.05, 0.1) is 18.2 Å². The van der Waals surface area contributed by atoms with Crippen LogP contribution in [0.1, 0.15) is 16.7 Å². The maximum absolute atomic E-state index is 14.0. The van der Waals surface area contributed by atoms with E-state index >= 15 is 0 Å². The number of nitrogens with two attached hydrogens (primary N) is 1. The summed E-state index contributed by atoms with van der Waals surface area (Å²) in [6.07, 6.45) is 1.93. The standard InChI is InChI=1S/C17H14FN3/c18-16-8-13(10-20)1-3-15(16)11-21-6-5-14-7-12(9-19)2-4-17(14)21/h1-8H,9,11,19H2. The molecule has 21 heavy (non-hydrogen) atoms. The van der Waals surface area contributed by atoms with Crippen LogP contribution in [0.2, 0.25) is 0 Å². The van der Waals surface area contributed by atoms with Crippen LogP contribution in [0.4, 0.5) is 4.39 Å². The molecule has 0 unspecified atom stereocenters. The first-order valence-electron chi connectivity index (χ1n) is 6.67. The Hall–Kier alpha value is -2.64. The molecular formula is C17H14FN3. The molecule has 1 heterocycles. The zero-order valence-electron chi connectivity index (χ0n) is 11.4. The summed E-state index contributed by atoms with van der Waals surface area (Å²) in [6, 6.07) is 14.5. The van der Waals surface area contributed by atoms with Gasteiger partial charge in [-0.15, -0.1) is 0 Å². The lowest BCUT2D eigenvalue weighted by molar-refractivity contribution is 0.601. The van der Waals surface area contributed by atoms with E-state index in [9.17, 15) is 4.39 Å². The van der Waals surface area contributed by atoms with Crippen LogP contribution >= 0.6 is 0 Å². The molecular weight excluding hydrogens is 265 g/mol. The maximum atomic E-state index is 14.0. The van der Waals surface area contributed by atoms with Crippen LogP contribution in [-0.2, 0) is 13.1 Å². The largest absolute Gasteiger partial charge is 0.343 e. The molecule has 4 heteroatoms. The fourth-order valence-electron chi connectivity index (χ4n) is 2.44. The smallest absolute Gasteiger partial charge is 0.129 e. The van der Waals surface area contributed by atoms with Gasteiger partial charge >= 0.3 is 0 Å². The third-order valence-corrected chi connectivity index (χ3v) is 3.59. The number of fused-ring (bicyclic) bond motifs is 1. The van der Waals surface area contributed by atoms with Crippen LogP contribution in [0.15, 0.2) is 48.7 Å². The Kier molecular flexibility index (Phi) is 3.43. The zero-order valence-corrected chi connectivity index (χ0v) is 11.4. The lowest BCUT2D eigenvalue weighted by atomic mass is 10.1. The SMILES string of the molecule is N#Cc1ccc(Cn2ccc3cc(CN)ccc32)c(F)c1. The first-order chi connectivity index (χ1) is 10.2. The van der Waals surface area contributed by atoms with E-state index in [1.807, 2.05) is 41.1 Å². The summed E-state index contributed by atoms with van der Waals surface area (Å²) in [7, 11) is 0. The second-order valence-corrected chi connectivity index (χ2v) is 4.96. The van der Waals surface area contributed by atoms with Crippen LogP contribution < -0.4 is 5.73 Å². The van der Waals surface area contributed by atoms with Crippen molar-refractivity contribution in [3.63, 3.8) is 0 Å². The van der Waals surface area contributed by atoms with E-state index in [2.05, 4.69) is 0 Å². The summed E-state index contributed by atoms with van der Waals surface area (Å²) >= 11 is 0. The number of nitrogens with zero attached hydrogens (tertiary/aromatic N) is 2. The number of hydrogen-bond donors (Lipinski definition) is 1. The van der Waals surface area contributed by atoms with Gasteiger partial charge in [-0.2, -0.15) is 5.26 Å². The quantitative estimate of drug-likeness (QED) is 0.800. The summed E-state index contributed by atoms with van der Waals surface area (Å²) in [5.74, 6) is -0.352. The number of benzene rings is 2. The molecule has 0 aliphatic rings. The Balaban J connectivity index is 1.97. The molecule has 104 valence electrons. The molecule has 0 aliphatic heterocycles. The predicted molar refractivity (Wildman–Crippen MR) is 80.0 cm³/mol. The maximum Gasteiger partial charge on any atom is 0.129 e. The van der Waals surface area contributed by atoms with Crippen molar-refractivity contribution in [1.82, 2.24) is 4.57 Å². The monoisotopic (exact) mass is 279 g/mol. The molecule has 3 rings (SSSR count). The second kappa shape index (κ2) is 5.39. The average Bonchev–Trinajstić information content (AvgIpc) is 2.91. The second-order valence-electron chi connectivity index (χ2n) is 4.96. The summed E-state index contributed by atoms with van der Waals surface area (Å²) < 4.78 is 16.0. The number of halogens is 1. The van der Waals surface area contributed by atoms with Crippen molar-refractivity contribution >= 4 is 10.9 Å². The number of hydrogen-bond acceptors (Lipinski definition) is 2. The third kappa shape index (κ3) is 2.51. The van der Waals surface area contributed by atoms with E-state index in [1.54, 1.807) is 12.1 Å². The molecule has 2 N–H and O–H groups in total. The number of rotatable bonds is 3. The van der Waals surface area contributed by atoms with E-state index in [1.165, 1.54) is 6.07 Å². The Bertz CT molecular complexity index is 843. The van der Waals surface area contributed by atoms with Crippen LogP contribution in [-0.4, -0.2) is 4.57 Å². The molecule has 0 fully saturated rings. The topological polar surface area (TPSA) is 54.7 Å². The Morgan fingerprint density at radius 3 is 2.71 bits per heavy atom. The van der Waals surface area contributed by atoms with Crippen molar-refractivity contribution in [2.45, 2.75) is 13.1 Å². The van der Waals surface area contributed by atoms with Gasteiger partial charge in [-0.1, -0.05) is 12.1 Å². The molecule has 0 spiro atoms. The van der Waals surface area contributed by atoms with E-state index < -0.39 is 0 Å². The van der Waals surface area contributed by atoms with Crippen molar-refractivity contribution in [3.8, 4) is 6.07 Å². The highest BCUT2D eigenvalue weighted by molar-refractivity contribution is 5.81. The highest BCUT2D eigenvalue weighted by Crippen LogP contribution is 2.20. The minimum atomic E-state index is -0.352. The Morgan fingerprint density at radius 1 is 1.14 bits per heavy atom. The van der Waals surface area contributed by atoms with Crippen molar-refractivity contribution in [2.75, 3.05) is 0 Å². The van der Waals surface area contributed by atoms with Crippen molar-refractivity contribution in [3.05, 3.63) is 71.2 Å². The summed E-state index contributed by atoms with van der Waals surface area (Å²) in [5, 5.41) is 9.86. The predicted octanol–water partition coefficient (Wildman–Crippen LogP) is 3.16. The van der Waals surface area contributed by atoms with Gasteiger partial charge < -0.3 is 10.3 Å². The van der Waals surface area contributed by atoms with Gasteiger partial charge in [0.2, 0.25) is 0 Å². The van der Waals surface area contributed by atoms with Gasteiger partial charge in [0.1, 0.15) is 5.82 Å². The van der Waals surface area contributed by atoms with Crippen LogP contribution in [0.3, 0.4) is 0 Å². The molecule has 3 nitrogen and oxygen atoms in total. The first kappa shape index (κ1) is 13.3. The van der Waals surface area contributed by atoms with E-state index in [0.717, 1.165) is 16.5 Å². The molecule has 0 saturated heterocycles. The fourth-order valence-corrected chi connectivity index (χ4v) is 2.44. The number of aromatic nitrogens is 1. The van der Waals surface area contributed by atoms with Gasteiger partial charge in [-0.3, -0.25) is 0 Å². The molecule has 3 aromatic rings. The Labute approximate surface area is 122 Å². The van der Waals surface area contributed by atoms with Gasteiger partial charge in [0, 0.05) is 23.8 Å². The van der Waals surface area contributed by atoms with Gasteiger partial charge in [0.25, 0.3) is 0 Å². The molecule has 0 aliphatic carbocycles. The average molecular weight is 279 g/mol. The first-order valence-corrected chi connectivity index (χ1v) is 6.67. The van der Waals surface area contributed by atoms with Crippen molar-refractivity contribution in [2.24, 2.45) is 5.73 Å². The summed E-state index contributed by atoms with van der Waals surface area (Å²) in [5.41, 5.74) is 8.65. The molecule has 1 aromatic heterocycles. The zero-order chi connectivity index (χ0) is 14.8. The molecule has 2 aromatic carbocycles. The van der Waals surface area contributed by atoms with E-state index in [0.29, 0.717) is 24.2 Å². The van der Waals surface area contributed by atoms with Gasteiger partial charge in [-0.05, 0) is 41.3 Å². The van der Waals surface area contributed by atoms with Crippen molar-refractivity contribution in [1.29, 1.82) is 5.26 Å². The Morgan fingerprint density at radius 2 is 2.00 bits per heavy atom. The van der Waals surface area contributed by atoms with Crippen LogP contribution in [0.5, 0.6) is 0 Å². The van der Waals surface area contributed by atoms with Gasteiger partial charge in [0.15, 0.2) is 0 Å². The normalized spacial score (nSPS) is 10.7. The number of nitriles is 1. The van der Waals surface area contributed by atoms with E-state index in [4.69, 9.17) is 11.0 Å². The third-order valence-electron chi connectivity index (χ3n) is 3.59. The molecule has 0 bridgehead atoms. The highest BCUT2D eigenvalue weighted by Gasteiger charge is 2.07. The fraction of sp³-hybridized carbons (Fsp3) is 0.118. The minimum Gasteiger partial charge on any atom is -0.343 e.